The second-order valence-electron chi connectivity index (χ2n) is 6.57. The zero-order chi connectivity index (χ0) is 21.1. The van der Waals surface area contributed by atoms with E-state index in [-0.39, 0.29) is 17.2 Å². The largest absolute Gasteiger partial charge is 0.360 e. The molecule has 0 aliphatic carbocycles. The number of non-ortho nitro benzene ring substituents is 1. The zero-order valence-electron chi connectivity index (χ0n) is 15.6. The van der Waals surface area contributed by atoms with Crippen LogP contribution in [-0.4, -0.2) is 15.8 Å². The molecule has 0 fully saturated rings. The molecule has 0 radical (unpaired) electrons. The van der Waals surface area contributed by atoms with Crippen LogP contribution in [0.4, 0.5) is 11.4 Å². The number of carbonyl (C=O) groups is 1. The standard InChI is InChI=1S/C22H16N4O4/c27-20(16-7-3-1-4-8-16)15-21-22(28,17-9-5-2-6-10-17)25(24-23-21)18-11-13-19(14-12-18)26(29)30/h1-15,28H/b21-15-. The molecule has 0 aromatic heterocycles. The molecule has 8 nitrogen and oxygen atoms in total. The molecular formula is C22H16N4O4. The van der Waals surface area contributed by atoms with Crippen LogP contribution in [0, 0.1) is 10.1 Å². The van der Waals surface area contributed by atoms with Gasteiger partial charge in [0, 0.05) is 29.3 Å². The van der Waals surface area contributed by atoms with Crippen LogP contribution < -0.4 is 5.01 Å². The number of rotatable bonds is 5. The van der Waals surface area contributed by atoms with E-state index in [2.05, 4.69) is 10.3 Å². The number of nitro benzene ring substituents is 1. The lowest BCUT2D eigenvalue weighted by molar-refractivity contribution is -0.384. The Kier molecular flexibility index (Phi) is 4.91. The number of carbonyl (C=O) groups excluding carboxylic acids is 1. The molecule has 30 heavy (non-hydrogen) atoms. The van der Waals surface area contributed by atoms with Crippen LogP contribution in [0.25, 0.3) is 0 Å². The Bertz CT molecular complexity index is 1140. The number of nitrogens with zero attached hydrogens (tertiary/aromatic N) is 4. The van der Waals surface area contributed by atoms with Gasteiger partial charge in [-0.2, -0.15) is 0 Å². The van der Waals surface area contributed by atoms with Crippen LogP contribution in [0.2, 0.25) is 0 Å². The minimum atomic E-state index is -1.86. The minimum absolute atomic E-state index is 0.0425. The fraction of sp³-hybridized carbons (Fsp3) is 0.0455. The van der Waals surface area contributed by atoms with Crippen LogP contribution in [0.1, 0.15) is 15.9 Å². The van der Waals surface area contributed by atoms with Crippen LogP contribution in [0.5, 0.6) is 0 Å². The highest BCUT2D eigenvalue weighted by Crippen LogP contribution is 2.43. The quantitative estimate of drug-likeness (QED) is 0.296. The first-order chi connectivity index (χ1) is 14.5. The van der Waals surface area contributed by atoms with Gasteiger partial charge < -0.3 is 5.11 Å². The Morgan fingerprint density at radius 2 is 1.57 bits per heavy atom. The number of anilines is 1. The maximum atomic E-state index is 12.7. The number of ketones is 1. The van der Waals surface area contributed by atoms with Gasteiger partial charge in [-0.25, -0.2) is 5.01 Å². The molecule has 0 bridgehead atoms. The van der Waals surface area contributed by atoms with Crippen molar-refractivity contribution in [1.82, 2.24) is 0 Å². The summed E-state index contributed by atoms with van der Waals surface area (Å²) in [5.41, 5.74) is -0.632. The lowest BCUT2D eigenvalue weighted by atomic mass is 9.96. The second kappa shape index (κ2) is 7.69. The van der Waals surface area contributed by atoms with Gasteiger partial charge in [0.2, 0.25) is 5.72 Å². The Morgan fingerprint density at radius 1 is 0.967 bits per heavy atom. The SMILES string of the molecule is O=C(/C=C1\N=NN(c2ccc([N+](=O)[O-])cc2)C1(O)c1ccccc1)c1ccccc1. The lowest BCUT2D eigenvalue weighted by Crippen LogP contribution is -2.41. The highest BCUT2D eigenvalue weighted by molar-refractivity contribution is 6.05. The van der Waals surface area contributed by atoms with Crippen molar-refractivity contribution in [3.05, 3.63) is 118 Å². The van der Waals surface area contributed by atoms with Gasteiger partial charge in [-0.1, -0.05) is 65.9 Å². The summed E-state index contributed by atoms with van der Waals surface area (Å²) in [4.78, 5) is 23.1. The van der Waals surface area contributed by atoms with Gasteiger partial charge in [0.05, 0.1) is 10.6 Å². The molecule has 1 heterocycles. The summed E-state index contributed by atoms with van der Waals surface area (Å²) in [6.07, 6.45) is 1.25. The fourth-order valence-corrected chi connectivity index (χ4v) is 3.17. The maximum Gasteiger partial charge on any atom is 0.269 e. The van der Waals surface area contributed by atoms with Gasteiger partial charge in [0.25, 0.3) is 5.69 Å². The van der Waals surface area contributed by atoms with Gasteiger partial charge in [-0.15, -0.1) is 5.11 Å². The summed E-state index contributed by atoms with van der Waals surface area (Å²) in [6.45, 7) is 0. The van der Waals surface area contributed by atoms with Crippen molar-refractivity contribution in [2.45, 2.75) is 5.72 Å². The highest BCUT2D eigenvalue weighted by atomic mass is 16.6. The molecule has 3 aromatic carbocycles. The van der Waals surface area contributed by atoms with E-state index in [0.717, 1.165) is 0 Å². The van der Waals surface area contributed by atoms with Crippen molar-refractivity contribution in [3.8, 4) is 0 Å². The van der Waals surface area contributed by atoms with E-state index in [1.165, 1.54) is 35.4 Å². The van der Waals surface area contributed by atoms with Gasteiger partial charge >= 0.3 is 0 Å². The molecule has 0 amide bonds. The topological polar surface area (TPSA) is 108 Å². The molecule has 0 saturated carbocycles. The third-order valence-corrected chi connectivity index (χ3v) is 4.71. The number of hydrogen-bond donors (Lipinski definition) is 1. The van der Waals surface area contributed by atoms with Crippen molar-refractivity contribution in [3.63, 3.8) is 0 Å². The van der Waals surface area contributed by atoms with Crippen molar-refractivity contribution in [2.24, 2.45) is 10.3 Å². The van der Waals surface area contributed by atoms with E-state index >= 15 is 0 Å². The number of aliphatic hydroxyl groups is 1. The summed E-state index contributed by atoms with van der Waals surface area (Å²) >= 11 is 0. The lowest BCUT2D eigenvalue weighted by Gasteiger charge is -2.32. The minimum Gasteiger partial charge on any atom is -0.360 e. The molecule has 8 heteroatoms. The van der Waals surface area contributed by atoms with E-state index in [0.29, 0.717) is 16.8 Å². The number of allylic oxidation sites excluding steroid dienone is 1. The number of hydrogen-bond acceptors (Lipinski definition) is 7. The molecule has 1 unspecified atom stereocenters. The zero-order valence-corrected chi connectivity index (χ0v) is 15.6. The molecule has 1 N–H and O–H groups in total. The van der Waals surface area contributed by atoms with Crippen molar-refractivity contribution in [2.75, 3.05) is 5.01 Å². The summed E-state index contributed by atoms with van der Waals surface area (Å²) in [7, 11) is 0. The molecule has 1 aliphatic heterocycles. The first-order valence-corrected chi connectivity index (χ1v) is 9.06. The fourth-order valence-electron chi connectivity index (χ4n) is 3.17. The molecule has 1 atom stereocenters. The predicted octanol–water partition coefficient (Wildman–Crippen LogP) is 4.39. The van der Waals surface area contributed by atoms with Crippen LogP contribution >= 0.6 is 0 Å². The van der Waals surface area contributed by atoms with Crippen LogP contribution in [-0.2, 0) is 5.72 Å². The Hall–Kier alpha value is -4.17. The Labute approximate surface area is 171 Å². The first-order valence-electron chi connectivity index (χ1n) is 9.06. The van der Waals surface area contributed by atoms with E-state index < -0.39 is 10.6 Å². The predicted molar refractivity (Wildman–Crippen MR) is 110 cm³/mol. The summed E-state index contributed by atoms with van der Waals surface area (Å²) in [5, 5.41) is 32.0. The Balaban J connectivity index is 1.79. The molecular weight excluding hydrogens is 384 g/mol. The summed E-state index contributed by atoms with van der Waals surface area (Å²) in [5.74, 6) is -0.329. The van der Waals surface area contributed by atoms with Crippen molar-refractivity contribution < 1.29 is 14.8 Å². The summed E-state index contributed by atoms with van der Waals surface area (Å²) < 4.78 is 0. The molecule has 148 valence electrons. The normalized spacial score (nSPS) is 19.2. The highest BCUT2D eigenvalue weighted by Gasteiger charge is 2.46. The third-order valence-electron chi connectivity index (χ3n) is 4.71. The first kappa shape index (κ1) is 19.2. The van der Waals surface area contributed by atoms with Gasteiger partial charge in [-0.3, -0.25) is 14.9 Å². The van der Waals surface area contributed by atoms with Crippen molar-refractivity contribution >= 4 is 17.2 Å². The van der Waals surface area contributed by atoms with Gasteiger partial charge in [0.15, 0.2) is 5.78 Å². The van der Waals surface area contributed by atoms with E-state index in [4.69, 9.17) is 0 Å². The van der Waals surface area contributed by atoms with Gasteiger partial charge in [0.1, 0.15) is 5.70 Å². The molecule has 0 saturated heterocycles. The third kappa shape index (κ3) is 3.36. The summed E-state index contributed by atoms with van der Waals surface area (Å²) in [6, 6.07) is 22.9. The Morgan fingerprint density at radius 3 is 2.17 bits per heavy atom. The van der Waals surface area contributed by atoms with Crippen LogP contribution in [0.3, 0.4) is 0 Å². The van der Waals surface area contributed by atoms with Crippen molar-refractivity contribution in [1.29, 1.82) is 0 Å². The van der Waals surface area contributed by atoms with Crippen LogP contribution in [0.15, 0.2) is 107 Å². The average molecular weight is 400 g/mol. The van der Waals surface area contributed by atoms with E-state index in [9.17, 15) is 20.0 Å². The van der Waals surface area contributed by atoms with E-state index in [1.54, 1.807) is 60.7 Å². The molecule has 4 rings (SSSR count). The second-order valence-corrected chi connectivity index (χ2v) is 6.57. The number of nitro groups is 1. The van der Waals surface area contributed by atoms with E-state index in [1.807, 2.05) is 0 Å². The molecule has 3 aromatic rings. The van der Waals surface area contributed by atoms with Gasteiger partial charge in [-0.05, 0) is 12.1 Å². The molecule has 1 aliphatic rings. The number of benzene rings is 3. The maximum absolute atomic E-state index is 12.7. The monoisotopic (exact) mass is 400 g/mol. The molecule has 0 spiro atoms. The smallest absolute Gasteiger partial charge is 0.269 e. The average Bonchev–Trinajstić information content (AvgIpc) is 3.12.